The molecule has 118 valence electrons. The lowest BCUT2D eigenvalue weighted by Gasteiger charge is -2.33. The molecule has 0 amide bonds. The van der Waals surface area contributed by atoms with E-state index >= 15 is 0 Å². The van der Waals surface area contributed by atoms with Crippen LogP contribution in [0.25, 0.3) is 0 Å². The molecule has 2 fully saturated rings. The normalized spacial score (nSPS) is 33.9. The van der Waals surface area contributed by atoms with E-state index in [0.29, 0.717) is 12.5 Å². The first kappa shape index (κ1) is 16.1. The summed E-state index contributed by atoms with van der Waals surface area (Å²) in [5.41, 5.74) is 0. The lowest BCUT2D eigenvalue weighted by molar-refractivity contribution is -0.176. The van der Waals surface area contributed by atoms with Crippen molar-refractivity contribution in [1.29, 1.82) is 0 Å². The average molecular weight is 292 g/mol. The Balaban J connectivity index is 1.82. The minimum atomic E-state index is -4.07. The molecule has 0 aromatic heterocycles. The van der Waals surface area contributed by atoms with E-state index in [1.54, 1.807) is 0 Å². The molecule has 20 heavy (non-hydrogen) atoms. The van der Waals surface area contributed by atoms with Gasteiger partial charge < -0.3 is 10.2 Å². The lowest BCUT2D eigenvalue weighted by Crippen LogP contribution is -2.40. The Morgan fingerprint density at radius 1 is 1.10 bits per heavy atom. The fraction of sp³-hybridized carbons (Fsp3) is 1.00. The lowest BCUT2D eigenvalue weighted by atomic mass is 9.80. The molecule has 1 aliphatic carbocycles. The van der Waals surface area contributed by atoms with Gasteiger partial charge in [-0.25, -0.2) is 0 Å². The quantitative estimate of drug-likeness (QED) is 0.858. The van der Waals surface area contributed by atoms with Crippen LogP contribution in [0.4, 0.5) is 13.2 Å². The second-order valence-corrected chi connectivity index (χ2v) is 6.50. The Labute approximate surface area is 120 Å². The van der Waals surface area contributed by atoms with E-state index in [1.165, 1.54) is 32.1 Å². The van der Waals surface area contributed by atoms with E-state index in [4.69, 9.17) is 0 Å². The van der Waals surface area contributed by atoms with Crippen LogP contribution in [0.5, 0.6) is 0 Å². The summed E-state index contributed by atoms with van der Waals surface area (Å²) in [6, 6.07) is 0. The van der Waals surface area contributed by atoms with Crippen molar-refractivity contribution in [3.8, 4) is 0 Å². The molecule has 0 radical (unpaired) electrons. The third-order valence-corrected chi connectivity index (χ3v) is 5.00. The van der Waals surface area contributed by atoms with Gasteiger partial charge in [0.15, 0.2) is 0 Å². The molecular weight excluding hydrogens is 265 g/mol. The minimum Gasteiger partial charge on any atom is -0.315 e. The Kier molecular flexibility index (Phi) is 5.73. The second kappa shape index (κ2) is 7.12. The Morgan fingerprint density at radius 3 is 2.35 bits per heavy atom. The molecule has 2 nitrogen and oxygen atoms in total. The van der Waals surface area contributed by atoms with Crippen molar-refractivity contribution in [3.63, 3.8) is 0 Å². The molecule has 1 unspecified atom stereocenters. The summed E-state index contributed by atoms with van der Waals surface area (Å²) in [6.45, 7) is 4.76. The monoisotopic (exact) mass is 292 g/mol. The van der Waals surface area contributed by atoms with Gasteiger partial charge >= 0.3 is 6.18 Å². The van der Waals surface area contributed by atoms with Gasteiger partial charge in [0, 0.05) is 32.7 Å². The summed E-state index contributed by atoms with van der Waals surface area (Å²) in [5.74, 6) is 0.238. The molecule has 1 saturated carbocycles. The van der Waals surface area contributed by atoms with Crippen molar-refractivity contribution < 1.29 is 13.2 Å². The van der Waals surface area contributed by atoms with Gasteiger partial charge in [-0.05, 0) is 24.7 Å². The van der Waals surface area contributed by atoms with Crippen molar-refractivity contribution in [2.24, 2.45) is 17.8 Å². The van der Waals surface area contributed by atoms with Crippen molar-refractivity contribution in [2.45, 2.75) is 45.2 Å². The number of halogens is 3. The highest BCUT2D eigenvalue weighted by atomic mass is 19.4. The summed E-state index contributed by atoms with van der Waals surface area (Å²) in [5, 5.41) is 2.93. The van der Waals surface area contributed by atoms with Gasteiger partial charge in [0.05, 0.1) is 5.92 Å². The zero-order chi connectivity index (χ0) is 14.6. The molecule has 0 aromatic rings. The number of nitrogens with one attached hydrogen (secondary N) is 1. The smallest absolute Gasteiger partial charge is 0.315 e. The summed E-state index contributed by atoms with van der Waals surface area (Å²) in [4.78, 5) is 2.04. The molecule has 1 saturated heterocycles. The zero-order valence-electron chi connectivity index (χ0n) is 12.4. The zero-order valence-corrected chi connectivity index (χ0v) is 12.4. The standard InChI is InChI=1S/C15H27F3N2/c1-2-12-3-5-13(6-4-12)10-20-8-7-19-9-14(11-20)15(16,17)18/h12-14,19H,2-11H2,1H3. The van der Waals surface area contributed by atoms with E-state index in [1.807, 2.05) is 4.90 Å². The predicted octanol–water partition coefficient (Wildman–Crippen LogP) is 3.29. The molecule has 2 rings (SSSR count). The van der Waals surface area contributed by atoms with Gasteiger partial charge in [-0.3, -0.25) is 0 Å². The molecule has 0 aromatic carbocycles. The molecule has 2 aliphatic rings. The highest BCUT2D eigenvalue weighted by molar-refractivity contribution is 4.81. The Bertz CT molecular complexity index is 285. The fourth-order valence-corrected chi connectivity index (χ4v) is 3.55. The van der Waals surface area contributed by atoms with E-state index < -0.39 is 12.1 Å². The summed E-state index contributed by atoms with van der Waals surface area (Å²) in [6.07, 6.45) is 2.08. The highest BCUT2D eigenvalue weighted by Crippen LogP contribution is 2.32. The number of alkyl halides is 3. The van der Waals surface area contributed by atoms with Crippen LogP contribution in [0.3, 0.4) is 0 Å². The number of nitrogens with zero attached hydrogens (tertiary/aromatic N) is 1. The van der Waals surface area contributed by atoms with Gasteiger partial charge in [0.25, 0.3) is 0 Å². The number of hydrogen-bond acceptors (Lipinski definition) is 2. The van der Waals surface area contributed by atoms with Crippen molar-refractivity contribution in [3.05, 3.63) is 0 Å². The Morgan fingerprint density at radius 2 is 1.75 bits per heavy atom. The van der Waals surface area contributed by atoms with E-state index in [-0.39, 0.29) is 13.1 Å². The first-order chi connectivity index (χ1) is 9.49. The van der Waals surface area contributed by atoms with E-state index in [2.05, 4.69) is 12.2 Å². The molecule has 1 heterocycles. The summed E-state index contributed by atoms with van der Waals surface area (Å²) >= 11 is 0. The maximum absolute atomic E-state index is 12.9. The van der Waals surface area contributed by atoms with E-state index in [9.17, 15) is 13.2 Å². The van der Waals surface area contributed by atoms with Crippen LogP contribution in [0, 0.1) is 17.8 Å². The molecule has 1 aliphatic heterocycles. The molecule has 1 atom stereocenters. The van der Waals surface area contributed by atoms with Crippen LogP contribution < -0.4 is 5.32 Å². The fourth-order valence-electron chi connectivity index (χ4n) is 3.55. The second-order valence-electron chi connectivity index (χ2n) is 6.50. The molecular formula is C15H27F3N2. The Hall–Kier alpha value is -0.290. The number of rotatable bonds is 3. The van der Waals surface area contributed by atoms with Crippen LogP contribution in [0.1, 0.15) is 39.0 Å². The summed E-state index contributed by atoms with van der Waals surface area (Å²) < 4.78 is 38.7. The molecule has 0 bridgehead atoms. The topological polar surface area (TPSA) is 15.3 Å². The maximum atomic E-state index is 12.9. The van der Waals surface area contributed by atoms with Crippen LogP contribution in [-0.2, 0) is 0 Å². The molecule has 0 spiro atoms. The van der Waals surface area contributed by atoms with Crippen molar-refractivity contribution >= 4 is 0 Å². The average Bonchev–Trinajstić information content (AvgIpc) is 2.65. The third-order valence-electron chi connectivity index (χ3n) is 5.00. The molecule has 5 heteroatoms. The van der Waals surface area contributed by atoms with Gasteiger partial charge in [-0.1, -0.05) is 26.2 Å². The van der Waals surface area contributed by atoms with Gasteiger partial charge in [0.1, 0.15) is 0 Å². The highest BCUT2D eigenvalue weighted by Gasteiger charge is 2.41. The van der Waals surface area contributed by atoms with E-state index in [0.717, 1.165) is 19.0 Å². The van der Waals surface area contributed by atoms with Gasteiger partial charge in [-0.15, -0.1) is 0 Å². The minimum absolute atomic E-state index is 0.0720. The largest absolute Gasteiger partial charge is 0.394 e. The van der Waals surface area contributed by atoms with Crippen molar-refractivity contribution in [2.75, 3.05) is 32.7 Å². The number of hydrogen-bond donors (Lipinski definition) is 1. The van der Waals surface area contributed by atoms with Gasteiger partial charge in [0.2, 0.25) is 0 Å². The first-order valence-electron chi connectivity index (χ1n) is 7.98. The van der Waals surface area contributed by atoms with Crippen molar-refractivity contribution in [1.82, 2.24) is 10.2 Å². The van der Waals surface area contributed by atoms with Gasteiger partial charge in [-0.2, -0.15) is 13.2 Å². The third kappa shape index (κ3) is 4.62. The predicted molar refractivity (Wildman–Crippen MR) is 74.6 cm³/mol. The maximum Gasteiger partial charge on any atom is 0.394 e. The first-order valence-corrected chi connectivity index (χ1v) is 7.98. The van der Waals surface area contributed by atoms with Crippen LogP contribution in [-0.4, -0.2) is 43.8 Å². The molecule has 1 N–H and O–H groups in total. The van der Waals surface area contributed by atoms with Crippen LogP contribution in [0.2, 0.25) is 0 Å². The van der Waals surface area contributed by atoms with Crippen LogP contribution in [0.15, 0.2) is 0 Å². The summed E-state index contributed by atoms with van der Waals surface area (Å²) in [7, 11) is 0. The SMILES string of the molecule is CCC1CCC(CN2CCNCC(C(F)(F)F)C2)CC1. The van der Waals surface area contributed by atoms with Crippen LogP contribution >= 0.6 is 0 Å².